The third-order valence-electron chi connectivity index (χ3n) is 2.10. The molecule has 5 heteroatoms. The summed E-state index contributed by atoms with van der Waals surface area (Å²) in [7, 11) is 0. The minimum absolute atomic E-state index is 0.195. The Labute approximate surface area is 92.4 Å². The van der Waals surface area contributed by atoms with Crippen LogP contribution in [0.25, 0.3) is 0 Å². The summed E-state index contributed by atoms with van der Waals surface area (Å²) in [5.74, 6) is -0.195. The topological polar surface area (TPSA) is 38.8 Å². The van der Waals surface area contributed by atoms with Gasteiger partial charge in [-0.3, -0.25) is 0 Å². The second-order valence-electron chi connectivity index (χ2n) is 3.26. The molecular formula is C10H13NO3S. The van der Waals surface area contributed by atoms with E-state index in [4.69, 9.17) is 9.57 Å². The van der Waals surface area contributed by atoms with Gasteiger partial charge in [0.25, 0.3) is 0 Å². The Kier molecular flexibility index (Phi) is 3.71. The first kappa shape index (κ1) is 10.6. The second-order valence-corrected chi connectivity index (χ2v) is 4.29. The van der Waals surface area contributed by atoms with E-state index in [9.17, 15) is 4.79 Å². The Morgan fingerprint density at radius 1 is 1.53 bits per heavy atom. The van der Waals surface area contributed by atoms with Crippen LogP contribution in [0.1, 0.15) is 4.88 Å². The zero-order chi connectivity index (χ0) is 10.5. The van der Waals surface area contributed by atoms with Gasteiger partial charge in [-0.1, -0.05) is 6.07 Å². The number of thiophene rings is 1. The van der Waals surface area contributed by atoms with E-state index in [0.717, 1.165) is 4.88 Å². The van der Waals surface area contributed by atoms with Crippen LogP contribution in [0.5, 0.6) is 0 Å². The number of carbonyl (C=O) groups excluding carboxylic acids is 1. The van der Waals surface area contributed by atoms with Gasteiger partial charge in [0.2, 0.25) is 0 Å². The quantitative estimate of drug-likeness (QED) is 0.774. The smallest absolute Gasteiger partial charge is 0.330 e. The maximum Gasteiger partial charge on any atom is 0.330 e. The van der Waals surface area contributed by atoms with Crippen LogP contribution in [0.2, 0.25) is 0 Å². The molecule has 2 heterocycles. The van der Waals surface area contributed by atoms with Crippen LogP contribution in [-0.4, -0.2) is 37.3 Å². The zero-order valence-electron chi connectivity index (χ0n) is 8.35. The number of hydrogen-bond acceptors (Lipinski definition) is 5. The Morgan fingerprint density at radius 2 is 2.33 bits per heavy atom. The molecule has 0 radical (unpaired) electrons. The standard InChI is InChI=1S/C10H13NO3S/c12-10(8-9-2-1-7-15-9)14-11-3-5-13-6-4-11/h1-2,7H,3-6,8H2. The molecule has 0 amide bonds. The fourth-order valence-corrected chi connectivity index (χ4v) is 2.06. The van der Waals surface area contributed by atoms with Gasteiger partial charge in [0, 0.05) is 4.88 Å². The molecule has 4 nitrogen and oxygen atoms in total. The molecule has 0 aliphatic carbocycles. The van der Waals surface area contributed by atoms with E-state index in [1.54, 1.807) is 16.4 Å². The molecule has 1 aromatic heterocycles. The number of carbonyl (C=O) groups is 1. The molecule has 0 unspecified atom stereocenters. The molecule has 0 spiro atoms. The second kappa shape index (κ2) is 5.25. The number of morpholine rings is 1. The number of ether oxygens (including phenoxy) is 1. The average Bonchev–Trinajstić information content (AvgIpc) is 2.71. The fourth-order valence-electron chi connectivity index (χ4n) is 1.37. The van der Waals surface area contributed by atoms with E-state index in [-0.39, 0.29) is 5.97 Å². The van der Waals surface area contributed by atoms with Crippen molar-refractivity contribution in [2.24, 2.45) is 0 Å². The highest BCUT2D eigenvalue weighted by Crippen LogP contribution is 2.10. The molecule has 82 valence electrons. The van der Waals surface area contributed by atoms with Gasteiger partial charge < -0.3 is 9.57 Å². The Morgan fingerprint density at radius 3 is 3.00 bits per heavy atom. The molecule has 1 fully saturated rings. The summed E-state index contributed by atoms with van der Waals surface area (Å²) in [6.45, 7) is 2.59. The summed E-state index contributed by atoms with van der Waals surface area (Å²) in [4.78, 5) is 17.7. The highest BCUT2D eigenvalue weighted by Gasteiger charge is 2.15. The first-order valence-electron chi connectivity index (χ1n) is 4.90. The molecular weight excluding hydrogens is 214 g/mol. The SMILES string of the molecule is O=C(Cc1cccs1)ON1CCOCC1. The molecule has 0 bridgehead atoms. The van der Waals surface area contributed by atoms with Crippen LogP contribution in [0.15, 0.2) is 17.5 Å². The minimum Gasteiger partial charge on any atom is -0.379 e. The van der Waals surface area contributed by atoms with Gasteiger partial charge in [0.05, 0.1) is 32.7 Å². The third-order valence-corrected chi connectivity index (χ3v) is 2.98. The van der Waals surface area contributed by atoms with Crippen molar-refractivity contribution in [1.82, 2.24) is 5.06 Å². The molecule has 1 saturated heterocycles. The number of nitrogens with zero attached hydrogens (tertiary/aromatic N) is 1. The summed E-state index contributed by atoms with van der Waals surface area (Å²) < 4.78 is 5.16. The first-order valence-corrected chi connectivity index (χ1v) is 5.78. The maximum atomic E-state index is 11.5. The molecule has 1 aliphatic rings. The lowest BCUT2D eigenvalue weighted by atomic mass is 10.3. The van der Waals surface area contributed by atoms with Crippen molar-refractivity contribution in [2.45, 2.75) is 6.42 Å². The van der Waals surface area contributed by atoms with E-state index < -0.39 is 0 Å². The van der Waals surface area contributed by atoms with E-state index in [1.165, 1.54) is 0 Å². The number of hydrogen-bond donors (Lipinski definition) is 0. The minimum atomic E-state index is -0.195. The van der Waals surface area contributed by atoms with Gasteiger partial charge in [0.15, 0.2) is 0 Å². The molecule has 2 rings (SSSR count). The van der Waals surface area contributed by atoms with Gasteiger partial charge in [-0.15, -0.1) is 16.4 Å². The molecule has 1 aliphatic heterocycles. The Hall–Kier alpha value is -0.910. The van der Waals surface area contributed by atoms with Crippen LogP contribution < -0.4 is 0 Å². The summed E-state index contributed by atoms with van der Waals surface area (Å²) >= 11 is 1.57. The van der Waals surface area contributed by atoms with Crippen LogP contribution in [0.3, 0.4) is 0 Å². The lowest BCUT2D eigenvalue weighted by Gasteiger charge is -2.24. The summed E-state index contributed by atoms with van der Waals surface area (Å²) in [5, 5.41) is 3.62. The average molecular weight is 227 g/mol. The van der Waals surface area contributed by atoms with Crippen LogP contribution in [0.4, 0.5) is 0 Å². The largest absolute Gasteiger partial charge is 0.379 e. The number of rotatable bonds is 3. The summed E-state index contributed by atoms with van der Waals surface area (Å²) in [5.41, 5.74) is 0. The zero-order valence-corrected chi connectivity index (χ0v) is 9.16. The van der Waals surface area contributed by atoms with Gasteiger partial charge in [-0.25, -0.2) is 4.79 Å². The van der Waals surface area contributed by atoms with Crippen LogP contribution in [0, 0.1) is 0 Å². The van der Waals surface area contributed by atoms with Crippen molar-refractivity contribution < 1.29 is 14.4 Å². The normalized spacial score (nSPS) is 17.6. The predicted molar refractivity (Wildman–Crippen MR) is 56.5 cm³/mol. The van der Waals surface area contributed by atoms with Crippen molar-refractivity contribution in [3.05, 3.63) is 22.4 Å². The summed E-state index contributed by atoms with van der Waals surface area (Å²) in [6.07, 6.45) is 0.356. The Balaban J connectivity index is 1.76. The lowest BCUT2D eigenvalue weighted by molar-refractivity contribution is -0.204. The monoisotopic (exact) mass is 227 g/mol. The van der Waals surface area contributed by atoms with Crippen molar-refractivity contribution in [3.8, 4) is 0 Å². The summed E-state index contributed by atoms with van der Waals surface area (Å²) in [6, 6.07) is 3.87. The van der Waals surface area contributed by atoms with E-state index >= 15 is 0 Å². The molecule has 0 saturated carbocycles. The molecule has 15 heavy (non-hydrogen) atoms. The molecule has 0 atom stereocenters. The van der Waals surface area contributed by atoms with Gasteiger partial charge in [-0.05, 0) is 11.4 Å². The highest BCUT2D eigenvalue weighted by atomic mass is 32.1. The van der Waals surface area contributed by atoms with Crippen LogP contribution >= 0.6 is 11.3 Å². The van der Waals surface area contributed by atoms with Crippen LogP contribution in [-0.2, 0) is 20.8 Å². The molecule has 0 N–H and O–H groups in total. The lowest BCUT2D eigenvalue weighted by Crippen LogP contribution is -2.38. The van der Waals surface area contributed by atoms with Crippen molar-refractivity contribution in [2.75, 3.05) is 26.3 Å². The fraction of sp³-hybridized carbons (Fsp3) is 0.500. The van der Waals surface area contributed by atoms with Gasteiger partial charge >= 0.3 is 5.97 Å². The van der Waals surface area contributed by atoms with Gasteiger partial charge in [-0.2, -0.15) is 0 Å². The van der Waals surface area contributed by atoms with E-state index in [2.05, 4.69) is 0 Å². The number of hydroxylamine groups is 2. The van der Waals surface area contributed by atoms with E-state index in [1.807, 2.05) is 17.5 Å². The highest BCUT2D eigenvalue weighted by molar-refractivity contribution is 7.10. The van der Waals surface area contributed by atoms with Crippen molar-refractivity contribution in [1.29, 1.82) is 0 Å². The molecule has 0 aromatic carbocycles. The third kappa shape index (κ3) is 3.30. The van der Waals surface area contributed by atoms with Gasteiger partial charge in [0.1, 0.15) is 0 Å². The first-order chi connectivity index (χ1) is 7.34. The van der Waals surface area contributed by atoms with Crippen molar-refractivity contribution >= 4 is 17.3 Å². The maximum absolute atomic E-state index is 11.5. The van der Waals surface area contributed by atoms with Crippen molar-refractivity contribution in [3.63, 3.8) is 0 Å². The van der Waals surface area contributed by atoms with E-state index in [0.29, 0.717) is 32.7 Å². The Bertz CT molecular complexity index is 306. The molecule has 1 aromatic rings. The predicted octanol–water partition coefficient (Wildman–Crippen LogP) is 1.08.